The Morgan fingerprint density at radius 2 is 1.80 bits per heavy atom. The van der Waals surface area contributed by atoms with Crippen molar-refractivity contribution in [1.29, 1.82) is 0 Å². The summed E-state index contributed by atoms with van der Waals surface area (Å²) >= 11 is 0. The number of carbonyl (C=O) groups is 2. The first-order valence-corrected chi connectivity index (χ1v) is 8.12. The van der Waals surface area contributed by atoms with Gasteiger partial charge in [-0.15, -0.1) is 0 Å². The molecule has 2 rings (SSSR count). The van der Waals surface area contributed by atoms with Gasteiger partial charge in [-0.1, -0.05) is 32.1 Å². The first kappa shape index (κ1) is 15.3. The van der Waals surface area contributed by atoms with Gasteiger partial charge in [0.15, 0.2) is 0 Å². The van der Waals surface area contributed by atoms with Crippen LogP contribution in [0.2, 0.25) is 0 Å². The summed E-state index contributed by atoms with van der Waals surface area (Å²) in [6.45, 7) is 0. The molecular weight excluding hydrogens is 254 g/mol. The topological polar surface area (TPSA) is 66.4 Å². The molecule has 2 N–H and O–H groups in total. The molecule has 0 saturated heterocycles. The van der Waals surface area contributed by atoms with Crippen molar-refractivity contribution in [3.8, 4) is 0 Å². The van der Waals surface area contributed by atoms with Crippen LogP contribution in [0.15, 0.2) is 0 Å². The highest BCUT2D eigenvalue weighted by Gasteiger charge is 2.40. The largest absolute Gasteiger partial charge is 0.481 e. The quantitative estimate of drug-likeness (QED) is 0.752. The van der Waals surface area contributed by atoms with Gasteiger partial charge in [-0.25, -0.2) is 0 Å². The van der Waals surface area contributed by atoms with Crippen LogP contribution in [0.5, 0.6) is 0 Å². The summed E-state index contributed by atoms with van der Waals surface area (Å²) in [7, 11) is 0. The zero-order valence-electron chi connectivity index (χ0n) is 12.3. The minimum atomic E-state index is -0.813. The number of carboxylic acids is 1. The van der Waals surface area contributed by atoms with Crippen molar-refractivity contribution < 1.29 is 14.7 Å². The van der Waals surface area contributed by atoms with Crippen LogP contribution in [0.4, 0.5) is 0 Å². The highest BCUT2D eigenvalue weighted by Crippen LogP contribution is 2.35. The lowest BCUT2D eigenvalue weighted by molar-refractivity contribution is -0.140. The third kappa shape index (κ3) is 4.50. The fourth-order valence-corrected chi connectivity index (χ4v) is 3.62. The molecule has 114 valence electrons. The molecule has 2 aliphatic rings. The fraction of sp³-hybridized carbons (Fsp3) is 0.875. The molecule has 2 fully saturated rings. The van der Waals surface area contributed by atoms with Gasteiger partial charge in [-0.2, -0.15) is 0 Å². The third-order valence-corrected chi connectivity index (χ3v) is 4.95. The summed E-state index contributed by atoms with van der Waals surface area (Å²) < 4.78 is 0. The van der Waals surface area contributed by atoms with E-state index in [1.54, 1.807) is 0 Å². The van der Waals surface area contributed by atoms with Crippen molar-refractivity contribution in [2.75, 3.05) is 0 Å². The summed E-state index contributed by atoms with van der Waals surface area (Å²) in [6, 6.07) is 0. The zero-order chi connectivity index (χ0) is 14.4. The molecule has 0 bridgehead atoms. The maximum Gasteiger partial charge on any atom is 0.305 e. The Labute approximate surface area is 121 Å². The number of hydrogen-bond donors (Lipinski definition) is 2. The van der Waals surface area contributed by atoms with E-state index >= 15 is 0 Å². The number of carbonyl (C=O) groups excluding carboxylic acids is 1. The predicted molar refractivity (Wildman–Crippen MR) is 77.4 cm³/mol. The molecule has 1 amide bonds. The van der Waals surface area contributed by atoms with E-state index in [0.717, 1.165) is 38.0 Å². The molecule has 0 unspecified atom stereocenters. The normalized spacial score (nSPS) is 22.0. The highest BCUT2D eigenvalue weighted by molar-refractivity contribution is 5.78. The Morgan fingerprint density at radius 3 is 2.35 bits per heavy atom. The molecule has 0 aromatic heterocycles. The van der Waals surface area contributed by atoms with Crippen LogP contribution in [0.1, 0.15) is 77.0 Å². The van der Waals surface area contributed by atoms with E-state index in [9.17, 15) is 9.59 Å². The molecule has 0 spiro atoms. The van der Waals surface area contributed by atoms with Crippen molar-refractivity contribution >= 4 is 11.9 Å². The summed E-state index contributed by atoms with van der Waals surface area (Å²) in [5.41, 5.74) is -0.437. The highest BCUT2D eigenvalue weighted by atomic mass is 16.4. The SMILES string of the molecule is O=C(O)CC1(NC(=O)CCCC2CCCCC2)CCC1. The van der Waals surface area contributed by atoms with Gasteiger partial charge >= 0.3 is 5.97 Å². The van der Waals surface area contributed by atoms with Gasteiger partial charge < -0.3 is 10.4 Å². The Kier molecular flexibility index (Phi) is 5.44. The molecule has 0 radical (unpaired) electrons. The molecule has 4 nitrogen and oxygen atoms in total. The Morgan fingerprint density at radius 1 is 1.10 bits per heavy atom. The molecule has 0 heterocycles. The van der Waals surface area contributed by atoms with E-state index in [0.29, 0.717) is 6.42 Å². The number of nitrogens with one attached hydrogen (secondary N) is 1. The lowest BCUT2D eigenvalue weighted by Gasteiger charge is -2.41. The average molecular weight is 281 g/mol. The van der Waals surface area contributed by atoms with Crippen molar-refractivity contribution in [3.63, 3.8) is 0 Å². The van der Waals surface area contributed by atoms with Gasteiger partial charge in [0.1, 0.15) is 0 Å². The van der Waals surface area contributed by atoms with Crippen LogP contribution in [0.25, 0.3) is 0 Å². The van der Waals surface area contributed by atoms with E-state index < -0.39 is 11.5 Å². The summed E-state index contributed by atoms with van der Waals surface area (Å²) in [5.74, 6) is 0.0437. The van der Waals surface area contributed by atoms with Crippen molar-refractivity contribution in [2.24, 2.45) is 5.92 Å². The van der Waals surface area contributed by atoms with Crippen LogP contribution in [0, 0.1) is 5.92 Å². The average Bonchev–Trinajstić information content (AvgIpc) is 2.37. The van der Waals surface area contributed by atoms with E-state index in [-0.39, 0.29) is 12.3 Å². The van der Waals surface area contributed by atoms with Crippen molar-refractivity contribution in [1.82, 2.24) is 5.32 Å². The fourth-order valence-electron chi connectivity index (χ4n) is 3.62. The number of hydrogen-bond acceptors (Lipinski definition) is 2. The smallest absolute Gasteiger partial charge is 0.305 e. The van der Waals surface area contributed by atoms with Gasteiger partial charge in [0, 0.05) is 6.42 Å². The molecule has 4 heteroatoms. The standard InChI is InChI=1S/C16H27NO3/c18-14(9-4-8-13-6-2-1-3-7-13)17-16(10-5-11-16)12-15(19)20/h13H,1-12H2,(H,17,18)(H,19,20). The molecule has 2 saturated carbocycles. The molecule has 2 aliphatic carbocycles. The van der Waals surface area contributed by atoms with E-state index in [1.807, 2.05) is 0 Å². The van der Waals surface area contributed by atoms with Gasteiger partial charge in [0.2, 0.25) is 5.91 Å². The van der Waals surface area contributed by atoms with Gasteiger partial charge in [-0.3, -0.25) is 9.59 Å². The molecular formula is C16H27NO3. The maximum absolute atomic E-state index is 12.0. The van der Waals surface area contributed by atoms with E-state index in [2.05, 4.69) is 5.32 Å². The van der Waals surface area contributed by atoms with Crippen LogP contribution in [-0.2, 0) is 9.59 Å². The minimum absolute atomic E-state index is 0.0433. The van der Waals surface area contributed by atoms with Crippen LogP contribution >= 0.6 is 0 Å². The van der Waals surface area contributed by atoms with Crippen molar-refractivity contribution in [2.45, 2.75) is 82.6 Å². The lowest BCUT2D eigenvalue weighted by Crippen LogP contribution is -2.54. The first-order chi connectivity index (χ1) is 9.60. The summed E-state index contributed by atoms with van der Waals surface area (Å²) in [5, 5.41) is 11.9. The third-order valence-electron chi connectivity index (χ3n) is 4.95. The lowest BCUT2D eigenvalue weighted by atomic mass is 9.74. The second kappa shape index (κ2) is 7.09. The maximum atomic E-state index is 12.0. The Hall–Kier alpha value is -1.06. The Bertz CT molecular complexity index is 344. The first-order valence-electron chi connectivity index (χ1n) is 8.12. The number of carboxylic acid groups (broad SMARTS) is 1. The number of amides is 1. The molecule has 0 aromatic rings. The summed E-state index contributed by atoms with van der Waals surface area (Å²) in [4.78, 5) is 22.8. The minimum Gasteiger partial charge on any atom is -0.481 e. The van der Waals surface area contributed by atoms with Crippen LogP contribution in [0.3, 0.4) is 0 Å². The molecule has 0 aromatic carbocycles. The monoisotopic (exact) mass is 281 g/mol. The van der Waals surface area contributed by atoms with Crippen molar-refractivity contribution in [3.05, 3.63) is 0 Å². The van der Waals surface area contributed by atoms with Gasteiger partial charge in [0.05, 0.1) is 12.0 Å². The number of rotatable bonds is 7. The van der Waals surface area contributed by atoms with Gasteiger partial charge in [0.25, 0.3) is 0 Å². The van der Waals surface area contributed by atoms with Crippen LogP contribution in [-0.4, -0.2) is 22.5 Å². The van der Waals surface area contributed by atoms with Gasteiger partial charge in [-0.05, 0) is 38.0 Å². The second-order valence-electron chi connectivity index (χ2n) is 6.65. The number of aliphatic carboxylic acids is 1. The van der Waals surface area contributed by atoms with E-state index in [1.165, 1.54) is 32.1 Å². The molecule has 0 aliphatic heterocycles. The predicted octanol–water partition coefficient (Wildman–Crippen LogP) is 3.25. The summed E-state index contributed by atoms with van der Waals surface area (Å²) in [6.07, 6.45) is 12.1. The van der Waals surface area contributed by atoms with E-state index in [4.69, 9.17) is 5.11 Å². The molecule has 20 heavy (non-hydrogen) atoms. The second-order valence-corrected chi connectivity index (χ2v) is 6.65. The molecule has 0 atom stereocenters. The Balaban J connectivity index is 1.65. The zero-order valence-corrected chi connectivity index (χ0v) is 12.3. The van der Waals surface area contributed by atoms with Crippen LogP contribution < -0.4 is 5.32 Å².